The van der Waals surface area contributed by atoms with Gasteiger partial charge >= 0.3 is 0 Å². The van der Waals surface area contributed by atoms with Crippen molar-refractivity contribution >= 4 is 12.4 Å². The highest BCUT2D eigenvalue weighted by atomic mass is 16.5. The molecule has 0 saturated heterocycles. The standard InChI is InChI=1S/C23H28O4/c1-5-17-6-8-18(9-7-17)15-26-10-11-27-16-19-12-20(14-24)22(25)21(13-19)23(2,3)4/h5-9,12-14,25H,1,10-11,15-16H2,2-4H3. The molecule has 27 heavy (non-hydrogen) atoms. The fraction of sp³-hybridized carbons (Fsp3) is 0.348. The minimum atomic E-state index is -0.262. The van der Waals surface area contributed by atoms with Crippen LogP contribution >= 0.6 is 0 Å². The van der Waals surface area contributed by atoms with Gasteiger partial charge in [-0.3, -0.25) is 4.79 Å². The molecule has 0 aliphatic carbocycles. The molecule has 1 N–H and O–H groups in total. The zero-order valence-corrected chi connectivity index (χ0v) is 16.3. The summed E-state index contributed by atoms with van der Waals surface area (Å²) >= 11 is 0. The lowest BCUT2D eigenvalue weighted by Crippen LogP contribution is -2.13. The lowest BCUT2D eigenvalue weighted by atomic mass is 9.84. The molecule has 4 heteroatoms. The maximum absolute atomic E-state index is 11.2. The molecule has 2 rings (SSSR count). The van der Waals surface area contributed by atoms with Crippen molar-refractivity contribution < 1.29 is 19.4 Å². The average Bonchev–Trinajstić information content (AvgIpc) is 2.65. The molecule has 0 spiro atoms. The molecule has 0 aromatic heterocycles. The molecule has 0 saturated carbocycles. The number of benzene rings is 2. The van der Waals surface area contributed by atoms with E-state index in [0.29, 0.717) is 38.3 Å². The summed E-state index contributed by atoms with van der Waals surface area (Å²) in [5.41, 5.74) is 3.82. The number of phenols is 1. The van der Waals surface area contributed by atoms with Gasteiger partial charge in [0.1, 0.15) is 5.75 Å². The number of carbonyl (C=O) groups excluding carboxylic acids is 1. The van der Waals surface area contributed by atoms with Gasteiger partial charge in [0.05, 0.1) is 32.0 Å². The Morgan fingerprint density at radius 3 is 2.11 bits per heavy atom. The Labute approximate surface area is 161 Å². The number of phenolic OH excluding ortho intramolecular Hbond substituents is 1. The van der Waals surface area contributed by atoms with Gasteiger partial charge in [0.2, 0.25) is 0 Å². The number of carbonyl (C=O) groups is 1. The van der Waals surface area contributed by atoms with Gasteiger partial charge in [-0.05, 0) is 34.2 Å². The molecule has 2 aromatic rings. The Bertz CT molecular complexity index is 770. The summed E-state index contributed by atoms with van der Waals surface area (Å²) < 4.78 is 11.3. The molecule has 0 aliphatic rings. The van der Waals surface area contributed by atoms with Crippen molar-refractivity contribution in [2.75, 3.05) is 13.2 Å². The average molecular weight is 368 g/mol. The molecule has 2 aromatic carbocycles. The third-order valence-corrected chi connectivity index (χ3v) is 4.26. The van der Waals surface area contributed by atoms with Crippen LogP contribution in [0.3, 0.4) is 0 Å². The van der Waals surface area contributed by atoms with Crippen LogP contribution < -0.4 is 0 Å². The highest BCUT2D eigenvalue weighted by Gasteiger charge is 2.21. The summed E-state index contributed by atoms with van der Waals surface area (Å²) in [5.74, 6) is 0.0482. The van der Waals surface area contributed by atoms with Crippen LogP contribution in [0.2, 0.25) is 0 Å². The largest absolute Gasteiger partial charge is 0.507 e. The van der Waals surface area contributed by atoms with Crippen LogP contribution in [0.15, 0.2) is 43.0 Å². The highest BCUT2D eigenvalue weighted by molar-refractivity contribution is 5.80. The normalized spacial score (nSPS) is 11.4. The van der Waals surface area contributed by atoms with Crippen molar-refractivity contribution in [3.63, 3.8) is 0 Å². The van der Waals surface area contributed by atoms with Crippen LogP contribution in [-0.4, -0.2) is 24.6 Å². The predicted molar refractivity (Wildman–Crippen MR) is 108 cm³/mol. The number of aromatic hydroxyl groups is 1. The van der Waals surface area contributed by atoms with Crippen LogP contribution in [0.4, 0.5) is 0 Å². The first-order chi connectivity index (χ1) is 12.8. The van der Waals surface area contributed by atoms with E-state index in [1.165, 1.54) is 0 Å². The molecule has 144 valence electrons. The minimum absolute atomic E-state index is 0.0482. The Kier molecular flexibility index (Phi) is 7.34. The van der Waals surface area contributed by atoms with Crippen molar-refractivity contribution in [3.05, 3.63) is 70.8 Å². The molecule has 0 amide bonds. The van der Waals surface area contributed by atoms with Gasteiger partial charge < -0.3 is 14.6 Å². The maximum atomic E-state index is 11.2. The molecule has 0 unspecified atom stereocenters. The molecule has 0 radical (unpaired) electrons. The van der Waals surface area contributed by atoms with Crippen LogP contribution in [0.5, 0.6) is 5.75 Å². The van der Waals surface area contributed by atoms with E-state index in [1.807, 2.05) is 57.2 Å². The summed E-state index contributed by atoms with van der Waals surface area (Å²) in [6.07, 6.45) is 2.48. The molecule has 0 bridgehead atoms. The van der Waals surface area contributed by atoms with E-state index in [1.54, 1.807) is 6.07 Å². The van der Waals surface area contributed by atoms with Crippen LogP contribution in [0.1, 0.15) is 53.4 Å². The van der Waals surface area contributed by atoms with E-state index in [-0.39, 0.29) is 11.2 Å². The van der Waals surface area contributed by atoms with Gasteiger partial charge in [0, 0.05) is 5.56 Å². The van der Waals surface area contributed by atoms with Crippen molar-refractivity contribution in [2.45, 2.75) is 39.4 Å². The smallest absolute Gasteiger partial charge is 0.153 e. The Balaban J connectivity index is 1.82. The summed E-state index contributed by atoms with van der Waals surface area (Å²) in [6, 6.07) is 11.6. The molecule has 0 aliphatic heterocycles. The molecule has 0 atom stereocenters. The van der Waals surface area contributed by atoms with Crippen LogP contribution in [0.25, 0.3) is 6.08 Å². The monoisotopic (exact) mass is 368 g/mol. The summed E-state index contributed by atoms with van der Waals surface area (Å²) in [5, 5.41) is 10.2. The van der Waals surface area contributed by atoms with Gasteiger partial charge in [-0.15, -0.1) is 0 Å². The Morgan fingerprint density at radius 2 is 1.59 bits per heavy atom. The number of hydrogen-bond donors (Lipinski definition) is 1. The summed E-state index contributed by atoms with van der Waals surface area (Å²) in [6.45, 7) is 11.6. The van der Waals surface area contributed by atoms with Gasteiger partial charge in [0.15, 0.2) is 6.29 Å². The Hall–Kier alpha value is -2.43. The van der Waals surface area contributed by atoms with Gasteiger partial charge in [-0.1, -0.05) is 57.7 Å². The fourth-order valence-electron chi connectivity index (χ4n) is 2.71. The zero-order chi connectivity index (χ0) is 19.9. The first-order valence-electron chi connectivity index (χ1n) is 9.03. The fourth-order valence-corrected chi connectivity index (χ4v) is 2.71. The highest BCUT2D eigenvalue weighted by Crippen LogP contribution is 2.34. The lowest BCUT2D eigenvalue weighted by molar-refractivity contribution is 0.0338. The molecular formula is C23H28O4. The van der Waals surface area contributed by atoms with E-state index in [9.17, 15) is 9.90 Å². The van der Waals surface area contributed by atoms with Crippen molar-refractivity contribution in [2.24, 2.45) is 0 Å². The van der Waals surface area contributed by atoms with Crippen molar-refractivity contribution in [1.82, 2.24) is 0 Å². The van der Waals surface area contributed by atoms with E-state index in [2.05, 4.69) is 6.58 Å². The van der Waals surface area contributed by atoms with Crippen molar-refractivity contribution in [1.29, 1.82) is 0 Å². The first kappa shape index (κ1) is 20.9. The number of aldehydes is 1. The topological polar surface area (TPSA) is 55.8 Å². The van der Waals surface area contributed by atoms with E-state index in [0.717, 1.165) is 22.3 Å². The Morgan fingerprint density at radius 1 is 1.00 bits per heavy atom. The second kappa shape index (κ2) is 9.49. The van der Waals surface area contributed by atoms with Crippen LogP contribution in [0, 0.1) is 0 Å². The second-order valence-electron chi connectivity index (χ2n) is 7.50. The third-order valence-electron chi connectivity index (χ3n) is 4.26. The van der Waals surface area contributed by atoms with Crippen molar-refractivity contribution in [3.8, 4) is 5.75 Å². The summed E-state index contributed by atoms with van der Waals surface area (Å²) in [4.78, 5) is 11.2. The molecule has 0 heterocycles. The first-order valence-corrected chi connectivity index (χ1v) is 9.03. The predicted octanol–water partition coefficient (Wildman–Crippen LogP) is 4.88. The third kappa shape index (κ3) is 6.05. The number of hydrogen-bond acceptors (Lipinski definition) is 4. The zero-order valence-electron chi connectivity index (χ0n) is 16.3. The van der Waals surface area contributed by atoms with Gasteiger partial charge in [-0.25, -0.2) is 0 Å². The molecule has 4 nitrogen and oxygen atoms in total. The van der Waals surface area contributed by atoms with E-state index >= 15 is 0 Å². The number of ether oxygens (including phenoxy) is 2. The molecule has 0 fully saturated rings. The SMILES string of the molecule is C=Cc1ccc(COCCOCc2cc(C=O)c(O)c(C(C)(C)C)c2)cc1. The minimum Gasteiger partial charge on any atom is -0.507 e. The second-order valence-corrected chi connectivity index (χ2v) is 7.50. The van der Waals surface area contributed by atoms with Gasteiger partial charge in [0.25, 0.3) is 0 Å². The quantitative estimate of drug-likeness (QED) is 0.506. The lowest BCUT2D eigenvalue weighted by Gasteiger charge is -2.22. The van der Waals surface area contributed by atoms with Crippen LogP contribution in [-0.2, 0) is 28.1 Å². The van der Waals surface area contributed by atoms with E-state index in [4.69, 9.17) is 9.47 Å². The maximum Gasteiger partial charge on any atom is 0.153 e. The summed E-state index contributed by atoms with van der Waals surface area (Å²) in [7, 11) is 0. The number of rotatable bonds is 9. The molecular weight excluding hydrogens is 340 g/mol. The van der Waals surface area contributed by atoms with E-state index < -0.39 is 0 Å². The van der Waals surface area contributed by atoms with Gasteiger partial charge in [-0.2, -0.15) is 0 Å².